The molecular formula is C13H13ClFN3S. The van der Waals surface area contributed by atoms with Crippen molar-refractivity contribution in [2.75, 3.05) is 23.0 Å². The molecule has 2 aromatic rings. The summed E-state index contributed by atoms with van der Waals surface area (Å²) in [7, 11) is 0. The molecule has 0 amide bonds. The zero-order valence-electron chi connectivity index (χ0n) is 10.2. The fourth-order valence-electron chi connectivity index (χ4n) is 1.64. The standard InChI is InChI=1S/C13H13ClFN3S/c1-19-8-4-2-3-7(5-8)18-13-10(17)6-9(16)11(14)12(13)15/h2-6,18H,16-17H2,1H3. The van der Waals surface area contributed by atoms with E-state index in [1.807, 2.05) is 30.5 Å². The first kappa shape index (κ1) is 13.8. The maximum Gasteiger partial charge on any atom is 0.169 e. The lowest BCUT2D eigenvalue weighted by molar-refractivity contribution is 0.633. The summed E-state index contributed by atoms with van der Waals surface area (Å²) in [5.74, 6) is -0.645. The number of thioether (sulfide) groups is 1. The van der Waals surface area contributed by atoms with Crippen LogP contribution in [0.15, 0.2) is 35.2 Å². The number of nitrogen functional groups attached to an aromatic ring is 2. The third kappa shape index (κ3) is 2.88. The number of rotatable bonds is 3. The van der Waals surface area contributed by atoms with Gasteiger partial charge in [0.2, 0.25) is 0 Å². The first-order valence-electron chi connectivity index (χ1n) is 5.47. The van der Waals surface area contributed by atoms with Gasteiger partial charge in [-0.15, -0.1) is 11.8 Å². The number of nitrogens with two attached hydrogens (primary N) is 2. The van der Waals surface area contributed by atoms with E-state index in [1.165, 1.54) is 6.07 Å². The lowest BCUT2D eigenvalue weighted by Crippen LogP contribution is -2.02. The quantitative estimate of drug-likeness (QED) is 0.589. The van der Waals surface area contributed by atoms with E-state index >= 15 is 0 Å². The Labute approximate surface area is 120 Å². The van der Waals surface area contributed by atoms with Crippen LogP contribution in [0.4, 0.5) is 27.1 Å². The number of anilines is 4. The number of nitrogens with one attached hydrogen (secondary N) is 1. The second-order valence-corrected chi connectivity index (χ2v) is 5.17. The normalized spacial score (nSPS) is 10.5. The Morgan fingerprint density at radius 1 is 1.21 bits per heavy atom. The van der Waals surface area contributed by atoms with Crippen molar-refractivity contribution >= 4 is 46.1 Å². The number of hydrogen-bond donors (Lipinski definition) is 3. The topological polar surface area (TPSA) is 64.1 Å². The van der Waals surface area contributed by atoms with Crippen molar-refractivity contribution < 1.29 is 4.39 Å². The van der Waals surface area contributed by atoms with Crippen molar-refractivity contribution in [1.29, 1.82) is 0 Å². The zero-order valence-corrected chi connectivity index (χ0v) is 11.8. The maximum atomic E-state index is 14.0. The molecule has 5 N–H and O–H groups in total. The average molecular weight is 298 g/mol. The first-order valence-corrected chi connectivity index (χ1v) is 7.07. The molecule has 0 atom stereocenters. The van der Waals surface area contributed by atoms with E-state index in [1.54, 1.807) is 11.8 Å². The van der Waals surface area contributed by atoms with E-state index < -0.39 is 5.82 Å². The largest absolute Gasteiger partial charge is 0.397 e. The summed E-state index contributed by atoms with van der Waals surface area (Å²) in [6.45, 7) is 0. The highest BCUT2D eigenvalue weighted by Crippen LogP contribution is 2.35. The van der Waals surface area contributed by atoms with Crippen LogP contribution in [-0.4, -0.2) is 6.26 Å². The predicted molar refractivity (Wildman–Crippen MR) is 81.7 cm³/mol. The fraction of sp³-hybridized carbons (Fsp3) is 0.0769. The molecule has 2 rings (SSSR count). The number of halogens is 2. The Morgan fingerprint density at radius 2 is 1.95 bits per heavy atom. The van der Waals surface area contributed by atoms with Crippen LogP contribution in [0.2, 0.25) is 5.02 Å². The van der Waals surface area contributed by atoms with Crippen LogP contribution < -0.4 is 16.8 Å². The summed E-state index contributed by atoms with van der Waals surface area (Å²) in [5.41, 5.74) is 12.5. The SMILES string of the molecule is CSc1cccc(Nc2c(N)cc(N)c(Cl)c2F)c1. The van der Waals surface area contributed by atoms with Crippen molar-refractivity contribution in [3.63, 3.8) is 0 Å². The molecule has 0 spiro atoms. The van der Waals surface area contributed by atoms with Crippen molar-refractivity contribution in [3.05, 3.63) is 41.2 Å². The third-order valence-electron chi connectivity index (χ3n) is 2.60. The molecule has 0 aromatic heterocycles. The Hall–Kier alpha value is -1.59. The minimum atomic E-state index is -0.645. The minimum absolute atomic E-state index is 0.125. The van der Waals surface area contributed by atoms with E-state index in [0.717, 1.165) is 10.6 Å². The van der Waals surface area contributed by atoms with Crippen LogP contribution in [0.1, 0.15) is 0 Å². The van der Waals surface area contributed by atoms with E-state index in [-0.39, 0.29) is 22.1 Å². The molecule has 0 bridgehead atoms. The van der Waals surface area contributed by atoms with Gasteiger partial charge in [0.15, 0.2) is 5.82 Å². The summed E-state index contributed by atoms with van der Waals surface area (Å²) in [6.07, 6.45) is 1.97. The molecular weight excluding hydrogens is 285 g/mol. The van der Waals surface area contributed by atoms with Gasteiger partial charge in [-0.25, -0.2) is 4.39 Å². The maximum absolute atomic E-state index is 14.0. The van der Waals surface area contributed by atoms with Gasteiger partial charge < -0.3 is 16.8 Å². The van der Waals surface area contributed by atoms with E-state index in [9.17, 15) is 4.39 Å². The lowest BCUT2D eigenvalue weighted by Gasteiger charge is -2.13. The predicted octanol–water partition coefficient (Wildman–Crippen LogP) is 4.11. The van der Waals surface area contributed by atoms with Crippen molar-refractivity contribution in [2.24, 2.45) is 0 Å². The fourth-order valence-corrected chi connectivity index (χ4v) is 2.25. The van der Waals surface area contributed by atoms with Crippen LogP contribution in [0, 0.1) is 5.82 Å². The Morgan fingerprint density at radius 3 is 2.63 bits per heavy atom. The van der Waals surface area contributed by atoms with Crippen molar-refractivity contribution in [2.45, 2.75) is 4.90 Å². The van der Waals surface area contributed by atoms with Crippen LogP contribution in [0.25, 0.3) is 0 Å². The van der Waals surface area contributed by atoms with E-state index in [4.69, 9.17) is 23.1 Å². The molecule has 0 saturated carbocycles. The average Bonchev–Trinajstić information content (AvgIpc) is 2.41. The van der Waals surface area contributed by atoms with Gasteiger partial charge in [0, 0.05) is 10.6 Å². The van der Waals surface area contributed by atoms with Gasteiger partial charge >= 0.3 is 0 Å². The molecule has 3 nitrogen and oxygen atoms in total. The second kappa shape index (κ2) is 5.59. The molecule has 0 aliphatic rings. The smallest absolute Gasteiger partial charge is 0.169 e. The number of hydrogen-bond acceptors (Lipinski definition) is 4. The van der Waals surface area contributed by atoms with Gasteiger partial charge in [0.25, 0.3) is 0 Å². The van der Waals surface area contributed by atoms with Crippen LogP contribution in [0.3, 0.4) is 0 Å². The van der Waals surface area contributed by atoms with Crippen LogP contribution in [-0.2, 0) is 0 Å². The lowest BCUT2D eigenvalue weighted by atomic mass is 10.2. The van der Waals surface area contributed by atoms with Gasteiger partial charge in [-0.2, -0.15) is 0 Å². The monoisotopic (exact) mass is 297 g/mol. The molecule has 0 aliphatic heterocycles. The molecule has 0 aliphatic carbocycles. The molecule has 0 unspecified atom stereocenters. The first-order chi connectivity index (χ1) is 9.02. The highest BCUT2D eigenvalue weighted by molar-refractivity contribution is 7.98. The number of benzene rings is 2. The summed E-state index contributed by atoms with van der Waals surface area (Å²) >= 11 is 7.38. The highest BCUT2D eigenvalue weighted by Gasteiger charge is 2.14. The molecule has 6 heteroatoms. The third-order valence-corrected chi connectivity index (χ3v) is 3.71. The second-order valence-electron chi connectivity index (χ2n) is 3.91. The minimum Gasteiger partial charge on any atom is -0.397 e. The van der Waals surface area contributed by atoms with Gasteiger partial charge in [0.05, 0.1) is 17.1 Å². The zero-order chi connectivity index (χ0) is 14.0. The summed E-state index contributed by atoms with van der Waals surface area (Å²) in [6, 6.07) is 9.00. The summed E-state index contributed by atoms with van der Waals surface area (Å²) in [5, 5.41) is 2.80. The molecule has 100 valence electrons. The molecule has 0 heterocycles. The van der Waals surface area contributed by atoms with Crippen LogP contribution in [0.5, 0.6) is 0 Å². The van der Waals surface area contributed by atoms with Gasteiger partial charge in [-0.3, -0.25) is 0 Å². The summed E-state index contributed by atoms with van der Waals surface area (Å²) in [4.78, 5) is 1.06. The van der Waals surface area contributed by atoms with E-state index in [0.29, 0.717) is 0 Å². The molecule has 0 saturated heterocycles. The van der Waals surface area contributed by atoms with E-state index in [2.05, 4.69) is 5.32 Å². The van der Waals surface area contributed by atoms with Gasteiger partial charge in [-0.1, -0.05) is 17.7 Å². The Balaban J connectivity index is 2.40. The molecule has 0 fully saturated rings. The molecule has 2 aromatic carbocycles. The molecule has 19 heavy (non-hydrogen) atoms. The van der Waals surface area contributed by atoms with Gasteiger partial charge in [-0.05, 0) is 30.5 Å². The van der Waals surface area contributed by atoms with Crippen LogP contribution >= 0.6 is 23.4 Å². The Kier molecular flexibility index (Phi) is 4.07. The van der Waals surface area contributed by atoms with Gasteiger partial charge in [0.1, 0.15) is 5.02 Å². The van der Waals surface area contributed by atoms with Crippen molar-refractivity contribution in [1.82, 2.24) is 0 Å². The Bertz CT molecular complexity index is 619. The molecule has 0 radical (unpaired) electrons. The highest BCUT2D eigenvalue weighted by atomic mass is 35.5. The van der Waals surface area contributed by atoms with Crippen molar-refractivity contribution in [3.8, 4) is 0 Å². The summed E-state index contributed by atoms with van der Waals surface area (Å²) < 4.78 is 14.0.